The van der Waals surface area contributed by atoms with Gasteiger partial charge in [0.05, 0.1) is 35.9 Å². The first-order valence-corrected chi connectivity index (χ1v) is 11.2. The van der Waals surface area contributed by atoms with Crippen LogP contribution in [0.15, 0.2) is 77.3 Å². The number of nitrogens with zero attached hydrogens (tertiary/aromatic N) is 4. The minimum Gasteiger partial charge on any atom is -0.497 e. The van der Waals surface area contributed by atoms with Gasteiger partial charge in [-0.1, -0.05) is 29.4 Å². The van der Waals surface area contributed by atoms with Crippen molar-refractivity contribution < 1.29 is 27.3 Å². The number of nitriles is 2. The summed E-state index contributed by atoms with van der Waals surface area (Å²) in [4.78, 5) is 7.57. The molecule has 3 aromatic carbocycles. The molecule has 2 heterocycles. The van der Waals surface area contributed by atoms with Crippen LogP contribution in [0.25, 0.3) is 11.1 Å². The number of halogens is 3. The summed E-state index contributed by atoms with van der Waals surface area (Å²) in [6.45, 7) is 0. The molecule has 1 fully saturated rings. The van der Waals surface area contributed by atoms with Crippen LogP contribution in [0.1, 0.15) is 40.5 Å². The Bertz CT molecular complexity index is 1520. The van der Waals surface area contributed by atoms with E-state index in [1.807, 2.05) is 6.07 Å². The lowest BCUT2D eigenvalue weighted by Gasteiger charge is -2.29. The van der Waals surface area contributed by atoms with Crippen LogP contribution < -0.4 is 15.1 Å². The molecule has 0 radical (unpaired) electrons. The number of aromatic nitrogens is 1. The standard InChI is InChI=1S/C27H18F3N5O3/c1-36-21-12-10-20(11-13-21)35-25(19-8-4-17(15-32)5-9-19)34-38-26(35)23-22(24(37-33-23)27(28,29)30)18-6-2-16(14-31)3-7-18/h2-13,25-26,34H,1H3. The number of alkyl halides is 3. The number of hydrogen-bond acceptors (Lipinski definition) is 8. The van der Waals surface area contributed by atoms with Gasteiger partial charge in [0.15, 0.2) is 6.23 Å². The molecule has 1 aromatic heterocycles. The lowest BCUT2D eigenvalue weighted by atomic mass is 10.00. The third kappa shape index (κ3) is 4.52. The Kier molecular flexibility index (Phi) is 6.47. The summed E-state index contributed by atoms with van der Waals surface area (Å²) >= 11 is 0. The molecule has 11 heteroatoms. The van der Waals surface area contributed by atoms with Crippen molar-refractivity contribution in [2.24, 2.45) is 0 Å². The predicted molar refractivity (Wildman–Crippen MR) is 128 cm³/mol. The van der Waals surface area contributed by atoms with Gasteiger partial charge in [-0.25, -0.2) is 0 Å². The fourth-order valence-corrected chi connectivity index (χ4v) is 4.23. The molecule has 190 valence electrons. The Hall–Kier alpha value is -4.84. The van der Waals surface area contributed by atoms with E-state index in [2.05, 4.69) is 16.7 Å². The van der Waals surface area contributed by atoms with Gasteiger partial charge >= 0.3 is 6.18 Å². The molecule has 2 unspecified atom stereocenters. The van der Waals surface area contributed by atoms with Crippen LogP contribution in [0.4, 0.5) is 18.9 Å². The van der Waals surface area contributed by atoms with Gasteiger partial charge in [0, 0.05) is 5.69 Å². The van der Waals surface area contributed by atoms with Crippen molar-refractivity contribution in [2.45, 2.75) is 18.6 Å². The van der Waals surface area contributed by atoms with Crippen molar-refractivity contribution in [2.75, 3.05) is 12.0 Å². The Morgan fingerprint density at radius 2 is 1.53 bits per heavy atom. The minimum absolute atomic E-state index is 0.110. The van der Waals surface area contributed by atoms with Crippen molar-refractivity contribution >= 4 is 5.69 Å². The van der Waals surface area contributed by atoms with Gasteiger partial charge < -0.3 is 14.2 Å². The first-order chi connectivity index (χ1) is 18.3. The van der Waals surface area contributed by atoms with Crippen molar-refractivity contribution in [3.63, 3.8) is 0 Å². The number of rotatable bonds is 5. The second-order valence-electron chi connectivity index (χ2n) is 8.29. The quantitative estimate of drug-likeness (QED) is 0.351. The molecule has 1 N–H and O–H groups in total. The number of hydrogen-bond donors (Lipinski definition) is 1. The number of benzene rings is 3. The van der Waals surface area contributed by atoms with E-state index < -0.39 is 24.3 Å². The normalized spacial score (nSPS) is 17.2. The van der Waals surface area contributed by atoms with Gasteiger partial charge in [-0.15, -0.1) is 0 Å². The molecule has 1 saturated heterocycles. The van der Waals surface area contributed by atoms with E-state index in [0.29, 0.717) is 28.1 Å². The number of nitrogens with one attached hydrogen (secondary N) is 1. The zero-order valence-corrected chi connectivity index (χ0v) is 19.7. The van der Waals surface area contributed by atoms with E-state index in [4.69, 9.17) is 24.6 Å². The van der Waals surface area contributed by atoms with E-state index in [0.717, 1.165) is 0 Å². The van der Waals surface area contributed by atoms with E-state index in [1.54, 1.807) is 53.4 Å². The number of methoxy groups -OCH3 is 1. The molecule has 1 aliphatic heterocycles. The van der Waals surface area contributed by atoms with Crippen LogP contribution in [-0.2, 0) is 11.0 Å². The summed E-state index contributed by atoms with van der Waals surface area (Å²) in [7, 11) is 1.52. The summed E-state index contributed by atoms with van der Waals surface area (Å²) in [5.74, 6) is -0.690. The summed E-state index contributed by atoms with van der Waals surface area (Å²) < 4.78 is 52.1. The van der Waals surface area contributed by atoms with Crippen LogP contribution in [0, 0.1) is 22.7 Å². The van der Waals surface area contributed by atoms with Gasteiger partial charge in [0.2, 0.25) is 5.76 Å². The fraction of sp³-hybridized carbons (Fsp3) is 0.148. The lowest BCUT2D eigenvalue weighted by molar-refractivity contribution is -0.155. The van der Waals surface area contributed by atoms with Crippen molar-refractivity contribution in [1.29, 1.82) is 10.5 Å². The van der Waals surface area contributed by atoms with Crippen LogP contribution in [-0.4, -0.2) is 12.3 Å². The summed E-state index contributed by atoms with van der Waals surface area (Å²) in [5.41, 5.74) is 4.67. The first-order valence-electron chi connectivity index (χ1n) is 11.2. The maximum Gasteiger partial charge on any atom is 0.453 e. The Balaban J connectivity index is 1.65. The Morgan fingerprint density at radius 3 is 2.08 bits per heavy atom. The molecule has 38 heavy (non-hydrogen) atoms. The number of ether oxygens (including phenoxy) is 1. The van der Waals surface area contributed by atoms with Gasteiger partial charge in [-0.3, -0.25) is 4.84 Å². The smallest absolute Gasteiger partial charge is 0.453 e. The van der Waals surface area contributed by atoms with E-state index in [9.17, 15) is 13.2 Å². The van der Waals surface area contributed by atoms with Crippen LogP contribution in [0.3, 0.4) is 0 Å². The van der Waals surface area contributed by atoms with Crippen LogP contribution in [0.5, 0.6) is 5.75 Å². The van der Waals surface area contributed by atoms with Gasteiger partial charge in [-0.05, 0) is 59.7 Å². The second-order valence-corrected chi connectivity index (χ2v) is 8.29. The number of anilines is 1. The molecule has 0 bridgehead atoms. The molecule has 2 atom stereocenters. The Morgan fingerprint density at radius 1 is 0.921 bits per heavy atom. The average molecular weight is 517 g/mol. The van der Waals surface area contributed by atoms with Gasteiger partial charge in [-0.2, -0.15) is 29.2 Å². The van der Waals surface area contributed by atoms with Gasteiger partial charge in [0.1, 0.15) is 17.6 Å². The highest BCUT2D eigenvalue weighted by molar-refractivity contribution is 5.71. The van der Waals surface area contributed by atoms with Crippen molar-refractivity contribution in [3.05, 3.63) is 101 Å². The van der Waals surface area contributed by atoms with Crippen molar-refractivity contribution in [3.8, 4) is 29.0 Å². The zero-order valence-electron chi connectivity index (χ0n) is 19.7. The predicted octanol–water partition coefficient (Wildman–Crippen LogP) is 5.85. The van der Waals surface area contributed by atoms with Crippen LogP contribution >= 0.6 is 0 Å². The summed E-state index contributed by atoms with van der Waals surface area (Å²) in [5, 5.41) is 22.1. The highest BCUT2D eigenvalue weighted by atomic mass is 19.4. The van der Waals surface area contributed by atoms with Crippen LogP contribution in [0.2, 0.25) is 0 Å². The summed E-state index contributed by atoms with van der Waals surface area (Å²) in [6, 6.07) is 23.3. The van der Waals surface area contributed by atoms with E-state index >= 15 is 0 Å². The third-order valence-electron chi connectivity index (χ3n) is 6.06. The van der Waals surface area contributed by atoms with E-state index in [-0.39, 0.29) is 16.8 Å². The zero-order chi connectivity index (χ0) is 26.9. The monoisotopic (exact) mass is 517 g/mol. The highest BCUT2D eigenvalue weighted by Gasteiger charge is 2.46. The first kappa shape index (κ1) is 24.8. The molecule has 0 aliphatic carbocycles. The summed E-state index contributed by atoms with van der Waals surface area (Å²) in [6.07, 6.45) is -6.63. The fourth-order valence-electron chi connectivity index (χ4n) is 4.23. The Labute approximate surface area is 215 Å². The topological polar surface area (TPSA) is 107 Å². The highest BCUT2D eigenvalue weighted by Crippen LogP contribution is 2.46. The van der Waals surface area contributed by atoms with Gasteiger partial charge in [0.25, 0.3) is 0 Å². The SMILES string of the molecule is COc1ccc(N2C(c3ccc(C#N)cc3)NOC2c2noc(C(F)(F)F)c2-c2ccc(C#N)cc2)cc1. The second kappa shape index (κ2) is 9.90. The molecular formula is C27H18F3N5O3. The third-order valence-corrected chi connectivity index (χ3v) is 6.06. The molecule has 0 amide bonds. The molecule has 0 saturated carbocycles. The largest absolute Gasteiger partial charge is 0.497 e. The lowest BCUT2D eigenvalue weighted by Crippen LogP contribution is -2.29. The van der Waals surface area contributed by atoms with E-state index in [1.165, 1.54) is 31.4 Å². The molecule has 8 nitrogen and oxygen atoms in total. The number of hydroxylamine groups is 1. The van der Waals surface area contributed by atoms with Crippen molar-refractivity contribution in [1.82, 2.24) is 10.6 Å². The minimum atomic E-state index is -4.84. The molecule has 5 rings (SSSR count). The molecule has 4 aromatic rings. The average Bonchev–Trinajstić information content (AvgIpc) is 3.58. The maximum atomic E-state index is 14.0. The maximum absolute atomic E-state index is 14.0. The molecule has 0 spiro atoms. The molecule has 1 aliphatic rings. The molecular weight excluding hydrogens is 499 g/mol.